The maximum atomic E-state index is 12.1. The first kappa shape index (κ1) is 21.6. The third kappa shape index (κ3) is 5.96. The number of hydrogen-bond donors (Lipinski definition) is 0. The summed E-state index contributed by atoms with van der Waals surface area (Å²) in [5.74, 6) is 1.05. The van der Waals surface area contributed by atoms with Gasteiger partial charge in [0, 0.05) is 24.7 Å². The van der Waals surface area contributed by atoms with E-state index in [1.165, 1.54) is 6.26 Å². The van der Waals surface area contributed by atoms with Crippen LogP contribution in [0.3, 0.4) is 0 Å². The van der Waals surface area contributed by atoms with Gasteiger partial charge in [-0.05, 0) is 63.8 Å². The molecule has 29 heavy (non-hydrogen) atoms. The van der Waals surface area contributed by atoms with Crippen LogP contribution in [0.2, 0.25) is 0 Å². The van der Waals surface area contributed by atoms with Crippen LogP contribution in [0.5, 0.6) is 0 Å². The summed E-state index contributed by atoms with van der Waals surface area (Å²) >= 11 is 0. The van der Waals surface area contributed by atoms with E-state index in [4.69, 9.17) is 13.9 Å². The summed E-state index contributed by atoms with van der Waals surface area (Å²) in [5.41, 5.74) is 0.160. The molecule has 8 heteroatoms. The normalized spacial score (nSPS) is 16.3. The van der Waals surface area contributed by atoms with Gasteiger partial charge in [0.15, 0.2) is 9.84 Å². The second-order valence-electron chi connectivity index (χ2n) is 8.61. The molecule has 1 aromatic heterocycles. The highest BCUT2D eigenvalue weighted by Crippen LogP contribution is 2.24. The van der Waals surface area contributed by atoms with E-state index in [2.05, 4.69) is 0 Å². The minimum Gasteiger partial charge on any atom is -0.459 e. The van der Waals surface area contributed by atoms with E-state index in [1.54, 1.807) is 23.1 Å². The van der Waals surface area contributed by atoms with E-state index < -0.39 is 15.4 Å². The lowest BCUT2D eigenvalue weighted by Crippen LogP contribution is -2.42. The maximum absolute atomic E-state index is 12.1. The summed E-state index contributed by atoms with van der Waals surface area (Å²) < 4.78 is 40.3. The van der Waals surface area contributed by atoms with E-state index in [1.807, 2.05) is 26.8 Å². The largest absolute Gasteiger partial charge is 0.459 e. The van der Waals surface area contributed by atoms with Crippen molar-refractivity contribution in [2.24, 2.45) is 5.92 Å². The van der Waals surface area contributed by atoms with Crippen LogP contribution in [-0.4, -0.2) is 51.0 Å². The highest BCUT2D eigenvalue weighted by molar-refractivity contribution is 7.90. The SMILES string of the molecule is CC(C)(C)OC(=O)N1CCC(COCc2cc3cc(S(C)(=O)=O)ccc3o2)CC1. The molecule has 1 saturated heterocycles. The minimum atomic E-state index is -3.25. The molecule has 0 atom stereocenters. The Labute approximate surface area is 171 Å². The number of carbonyl (C=O) groups is 1. The molecule has 0 aliphatic carbocycles. The molecule has 0 saturated carbocycles. The molecule has 7 nitrogen and oxygen atoms in total. The van der Waals surface area contributed by atoms with Crippen LogP contribution in [0, 0.1) is 5.92 Å². The minimum absolute atomic E-state index is 0.257. The lowest BCUT2D eigenvalue weighted by Gasteiger charge is -2.33. The first-order valence-corrected chi connectivity index (χ1v) is 11.7. The van der Waals surface area contributed by atoms with Crippen molar-refractivity contribution in [2.45, 2.75) is 50.7 Å². The molecule has 0 unspecified atom stereocenters. The molecule has 3 rings (SSSR count). The van der Waals surface area contributed by atoms with Gasteiger partial charge in [-0.2, -0.15) is 0 Å². The van der Waals surface area contributed by atoms with Crippen molar-refractivity contribution in [1.29, 1.82) is 0 Å². The first-order valence-electron chi connectivity index (χ1n) is 9.79. The van der Waals surface area contributed by atoms with Crippen LogP contribution in [0.25, 0.3) is 11.0 Å². The molecule has 0 radical (unpaired) electrons. The molecule has 1 aliphatic rings. The number of amides is 1. The molecular weight excluding hydrogens is 394 g/mol. The Hall–Kier alpha value is -2.06. The van der Waals surface area contributed by atoms with Crippen LogP contribution in [-0.2, 0) is 25.9 Å². The number of benzene rings is 1. The van der Waals surface area contributed by atoms with Crippen LogP contribution < -0.4 is 0 Å². The van der Waals surface area contributed by atoms with Crippen LogP contribution in [0.4, 0.5) is 4.79 Å². The van der Waals surface area contributed by atoms with Gasteiger partial charge in [0.05, 0.1) is 11.5 Å². The number of likely N-dealkylation sites (tertiary alicyclic amines) is 1. The van der Waals surface area contributed by atoms with Gasteiger partial charge < -0.3 is 18.8 Å². The molecule has 0 N–H and O–H groups in total. The molecule has 160 valence electrons. The third-order valence-corrected chi connectivity index (χ3v) is 5.94. The molecule has 1 fully saturated rings. The van der Waals surface area contributed by atoms with Crippen molar-refractivity contribution in [3.05, 3.63) is 30.0 Å². The van der Waals surface area contributed by atoms with Gasteiger partial charge in [-0.15, -0.1) is 0 Å². The fourth-order valence-corrected chi connectivity index (χ4v) is 3.97. The highest BCUT2D eigenvalue weighted by atomic mass is 32.2. The van der Waals surface area contributed by atoms with Crippen molar-refractivity contribution < 1.29 is 27.1 Å². The van der Waals surface area contributed by atoms with Gasteiger partial charge in [-0.1, -0.05) is 0 Å². The topological polar surface area (TPSA) is 86.0 Å². The quantitative estimate of drug-likeness (QED) is 0.722. The Kier molecular flexibility index (Phi) is 6.24. The van der Waals surface area contributed by atoms with Crippen molar-refractivity contribution in [1.82, 2.24) is 4.90 Å². The molecule has 1 aromatic carbocycles. The van der Waals surface area contributed by atoms with E-state index in [-0.39, 0.29) is 11.0 Å². The summed E-state index contributed by atoms with van der Waals surface area (Å²) in [5, 5.41) is 0.747. The van der Waals surface area contributed by atoms with Crippen molar-refractivity contribution >= 4 is 26.9 Å². The lowest BCUT2D eigenvalue weighted by atomic mass is 9.98. The maximum Gasteiger partial charge on any atom is 0.410 e. The Morgan fingerprint density at radius 1 is 1.21 bits per heavy atom. The molecule has 1 aliphatic heterocycles. The van der Waals surface area contributed by atoms with E-state index in [9.17, 15) is 13.2 Å². The molecule has 0 spiro atoms. The molecule has 1 amide bonds. The zero-order valence-corrected chi connectivity index (χ0v) is 18.3. The summed E-state index contributed by atoms with van der Waals surface area (Å²) in [6.45, 7) is 7.86. The summed E-state index contributed by atoms with van der Waals surface area (Å²) in [7, 11) is -3.25. The number of ether oxygens (including phenoxy) is 2. The number of hydrogen-bond acceptors (Lipinski definition) is 6. The van der Waals surface area contributed by atoms with Gasteiger partial charge in [0.2, 0.25) is 0 Å². The first-order chi connectivity index (χ1) is 13.5. The van der Waals surface area contributed by atoms with E-state index >= 15 is 0 Å². The molecular formula is C21H29NO6S. The predicted molar refractivity (Wildman–Crippen MR) is 110 cm³/mol. The van der Waals surface area contributed by atoms with Crippen molar-refractivity contribution in [3.63, 3.8) is 0 Å². The Morgan fingerprint density at radius 2 is 1.90 bits per heavy atom. The molecule has 0 bridgehead atoms. The van der Waals surface area contributed by atoms with Crippen molar-refractivity contribution in [2.75, 3.05) is 26.0 Å². The fourth-order valence-electron chi connectivity index (χ4n) is 3.31. The van der Waals surface area contributed by atoms with Gasteiger partial charge >= 0.3 is 6.09 Å². The Morgan fingerprint density at radius 3 is 2.52 bits per heavy atom. The van der Waals surface area contributed by atoms with Crippen molar-refractivity contribution in [3.8, 4) is 0 Å². The highest BCUT2D eigenvalue weighted by Gasteiger charge is 2.27. The van der Waals surface area contributed by atoms with Gasteiger partial charge in [0.1, 0.15) is 23.6 Å². The lowest BCUT2D eigenvalue weighted by molar-refractivity contribution is 0.00952. The third-order valence-electron chi connectivity index (χ3n) is 4.83. The molecule has 2 heterocycles. The number of piperidine rings is 1. The number of nitrogens with zero attached hydrogens (tertiary/aromatic N) is 1. The summed E-state index contributed by atoms with van der Waals surface area (Å²) in [6, 6.07) is 6.64. The second kappa shape index (κ2) is 8.36. The summed E-state index contributed by atoms with van der Waals surface area (Å²) in [6.07, 6.45) is 2.67. The Balaban J connectivity index is 1.47. The van der Waals surface area contributed by atoms with Gasteiger partial charge in [-0.3, -0.25) is 0 Å². The monoisotopic (exact) mass is 423 g/mol. The van der Waals surface area contributed by atoms with E-state index in [0.29, 0.717) is 43.6 Å². The number of sulfone groups is 1. The average Bonchev–Trinajstić information content (AvgIpc) is 3.02. The number of carbonyl (C=O) groups excluding carboxylic acids is 1. The number of rotatable bonds is 5. The standard InChI is InChI=1S/C21H29NO6S/c1-21(2,3)28-20(23)22-9-7-15(8-10-22)13-26-14-17-11-16-12-18(29(4,24)25)5-6-19(16)27-17/h5-6,11-12,15H,7-10,13-14H2,1-4H3. The zero-order chi connectivity index (χ0) is 21.2. The van der Waals surface area contributed by atoms with Crippen LogP contribution in [0.1, 0.15) is 39.4 Å². The number of fused-ring (bicyclic) bond motifs is 1. The smallest absolute Gasteiger partial charge is 0.410 e. The number of furan rings is 1. The van der Waals surface area contributed by atoms with Crippen LogP contribution >= 0.6 is 0 Å². The van der Waals surface area contributed by atoms with Gasteiger partial charge in [-0.25, -0.2) is 13.2 Å². The Bertz CT molecular complexity index is 965. The summed E-state index contributed by atoms with van der Waals surface area (Å²) in [4.78, 5) is 14.1. The zero-order valence-electron chi connectivity index (χ0n) is 17.4. The molecule has 2 aromatic rings. The van der Waals surface area contributed by atoms with Crippen LogP contribution in [0.15, 0.2) is 33.6 Å². The predicted octanol–water partition coefficient (Wildman–Crippen LogP) is 4.00. The second-order valence-corrected chi connectivity index (χ2v) is 10.6. The fraction of sp³-hybridized carbons (Fsp3) is 0.571. The average molecular weight is 424 g/mol. The van der Waals surface area contributed by atoms with E-state index in [0.717, 1.165) is 18.2 Å². The van der Waals surface area contributed by atoms with Gasteiger partial charge in [0.25, 0.3) is 0 Å².